The van der Waals surface area contributed by atoms with E-state index >= 15 is 0 Å². The van der Waals surface area contributed by atoms with Crippen LogP contribution in [0.1, 0.15) is 0 Å². The van der Waals surface area contributed by atoms with Crippen LogP contribution >= 0.6 is 0 Å². The molecule has 0 saturated carbocycles. The molecule has 7 nitrogen and oxygen atoms in total. The van der Waals surface area contributed by atoms with Crippen LogP contribution in [0.3, 0.4) is 0 Å². The summed E-state index contributed by atoms with van der Waals surface area (Å²) in [5.41, 5.74) is 0. The van der Waals surface area contributed by atoms with Crippen molar-refractivity contribution in [1.82, 2.24) is 0 Å². The van der Waals surface area contributed by atoms with Gasteiger partial charge in [-0.3, -0.25) is 0 Å². The number of hydrogen-bond donors (Lipinski definition) is 0. The molecule has 0 spiro atoms. The van der Waals surface area contributed by atoms with Gasteiger partial charge in [-0.05, 0) is 0 Å². The molecule has 0 atom stereocenters. The van der Waals surface area contributed by atoms with Crippen molar-refractivity contribution in [3.05, 3.63) is 0 Å². The van der Waals surface area contributed by atoms with Gasteiger partial charge in [0.1, 0.15) is 0 Å². The molecule has 14 heavy (non-hydrogen) atoms. The van der Waals surface area contributed by atoms with Crippen LogP contribution in [0.15, 0.2) is 0 Å². The number of rotatable bonds is 0. The van der Waals surface area contributed by atoms with E-state index in [2.05, 4.69) is 0 Å². The third-order valence-corrected chi connectivity index (χ3v) is 0. The van der Waals surface area contributed by atoms with Crippen LogP contribution in [0.25, 0.3) is 0 Å². The summed E-state index contributed by atoms with van der Waals surface area (Å²) in [6, 6.07) is 0. The van der Waals surface area contributed by atoms with Gasteiger partial charge < -0.3 is 78.8 Å². The van der Waals surface area contributed by atoms with Crippen LogP contribution in [0.4, 0.5) is 0 Å². The van der Waals surface area contributed by atoms with Crippen LogP contribution in [-0.2, 0) is 125 Å². The standard InChI is InChI=1S/4Fe.4H2O.3O.3S/h;;;;4*1H2;;;;;;/q4*+3;;;;;6*-2. The Kier molecular flexibility index (Phi) is 16100. The summed E-state index contributed by atoms with van der Waals surface area (Å²) in [5, 5.41) is 0. The van der Waals surface area contributed by atoms with Gasteiger partial charge in [0, 0.05) is 0 Å². The first kappa shape index (κ1) is 522. The summed E-state index contributed by atoms with van der Waals surface area (Å²) in [4.78, 5) is 0. The van der Waals surface area contributed by atoms with Gasteiger partial charge in [0.25, 0.3) is 0 Å². The van der Waals surface area contributed by atoms with Crippen molar-refractivity contribution in [3.8, 4) is 0 Å². The van der Waals surface area contributed by atoms with Crippen molar-refractivity contribution in [2.75, 3.05) is 0 Å². The zero-order valence-corrected chi connectivity index (χ0v) is 12.7. The van der Waals surface area contributed by atoms with Crippen molar-refractivity contribution < 1.29 is 107 Å². The Morgan fingerprint density at radius 1 is 0.286 bits per heavy atom. The molecule has 14 heteroatoms. The second-order valence-electron chi connectivity index (χ2n) is 0. The van der Waals surface area contributed by atoms with E-state index in [4.69, 9.17) is 0 Å². The van der Waals surface area contributed by atoms with Gasteiger partial charge in [-0.1, -0.05) is 0 Å². The summed E-state index contributed by atoms with van der Waals surface area (Å²) in [6.45, 7) is 0. The molecular weight excluding hydrogens is 432 g/mol. The Labute approximate surface area is 146 Å². The Hall–Kier alpha value is 2.85. The maximum atomic E-state index is 0. The summed E-state index contributed by atoms with van der Waals surface area (Å²) in [5.74, 6) is 0. The minimum atomic E-state index is 0. The van der Waals surface area contributed by atoms with Crippen LogP contribution < -0.4 is 0 Å². The molecule has 0 unspecified atom stereocenters. The van der Waals surface area contributed by atoms with Crippen molar-refractivity contribution >= 4 is 40.5 Å². The van der Waals surface area contributed by atoms with Crippen molar-refractivity contribution in [3.63, 3.8) is 0 Å². The van der Waals surface area contributed by atoms with Crippen LogP contribution in [-0.4, -0.2) is 21.9 Å². The quantitative estimate of drug-likeness (QED) is 0.334. The van der Waals surface area contributed by atoms with E-state index in [1.54, 1.807) is 0 Å². The first-order valence-electron chi connectivity index (χ1n) is 0. The molecule has 0 aromatic rings. The zero-order chi connectivity index (χ0) is 0. The summed E-state index contributed by atoms with van der Waals surface area (Å²) in [7, 11) is 0. The fourth-order valence-electron chi connectivity index (χ4n) is 0. The van der Waals surface area contributed by atoms with E-state index in [1.807, 2.05) is 0 Å². The molecule has 100 valence electrons. The molecule has 0 saturated heterocycles. The Bertz CT molecular complexity index is 20.9. The summed E-state index contributed by atoms with van der Waals surface area (Å²) < 4.78 is 0. The predicted molar refractivity (Wildman–Crippen MR) is 38.6 cm³/mol. The molecule has 0 amide bonds. The zero-order valence-electron chi connectivity index (χ0n) is 5.86. The third-order valence-electron chi connectivity index (χ3n) is 0. The second-order valence-corrected chi connectivity index (χ2v) is 0. The van der Waals surface area contributed by atoms with Crippen LogP contribution in [0, 0.1) is 0 Å². The van der Waals surface area contributed by atoms with E-state index in [0.29, 0.717) is 0 Å². The van der Waals surface area contributed by atoms with Gasteiger partial charge in [0.15, 0.2) is 0 Å². The largest absolute Gasteiger partial charge is 3.00 e. The Morgan fingerprint density at radius 2 is 0.286 bits per heavy atom. The summed E-state index contributed by atoms with van der Waals surface area (Å²) >= 11 is 0. The van der Waals surface area contributed by atoms with E-state index < -0.39 is 0 Å². The molecule has 0 fully saturated rings. The van der Waals surface area contributed by atoms with Gasteiger partial charge in [-0.25, -0.2) is 0 Å². The van der Waals surface area contributed by atoms with E-state index in [0.717, 1.165) is 0 Å². The average molecular weight is 440 g/mol. The maximum Gasteiger partial charge on any atom is 3.00 e. The fraction of sp³-hybridized carbons (Fsp3) is 0. The van der Waals surface area contributed by atoms with Gasteiger partial charge in [-0.2, -0.15) is 0 Å². The Balaban J connectivity index is 0. The van der Waals surface area contributed by atoms with Crippen molar-refractivity contribution in [2.45, 2.75) is 0 Å². The smallest absolute Gasteiger partial charge is 2.00 e. The third kappa shape index (κ3) is 351. The molecular formula is H8Fe4O7S3. The van der Waals surface area contributed by atoms with Gasteiger partial charge >= 0.3 is 68.3 Å². The van der Waals surface area contributed by atoms with Crippen LogP contribution in [0.5, 0.6) is 0 Å². The van der Waals surface area contributed by atoms with Gasteiger partial charge in [0.05, 0.1) is 0 Å². The number of hydrogen-bond acceptors (Lipinski definition) is 0. The van der Waals surface area contributed by atoms with E-state index in [9.17, 15) is 0 Å². The molecule has 0 rings (SSSR count). The predicted octanol–water partition coefficient (Wildman–Crippen LogP) is -3.67. The molecule has 4 radical (unpaired) electrons. The first-order chi connectivity index (χ1) is 0. The topological polar surface area (TPSA) is 212 Å². The SMILES string of the molecule is O.O.O.O.[Fe+3].[Fe+3].[Fe+3].[Fe+3].[O-2].[O-2].[O-2].[S-2].[S-2].[S-2]. The molecule has 0 aliphatic rings. The first-order valence-corrected chi connectivity index (χ1v) is 0. The molecule has 0 aromatic carbocycles. The minimum Gasteiger partial charge on any atom is -2.00 e. The molecule has 0 heterocycles. The fourth-order valence-corrected chi connectivity index (χ4v) is 0. The van der Waals surface area contributed by atoms with Gasteiger partial charge in [-0.15, -0.1) is 0 Å². The summed E-state index contributed by atoms with van der Waals surface area (Å²) in [6.07, 6.45) is 0. The average Bonchev–Trinajstić information content (AvgIpc) is 0. The molecule has 0 bridgehead atoms. The monoisotopic (exact) mass is 440 g/mol. The Morgan fingerprint density at radius 3 is 0.286 bits per heavy atom. The van der Waals surface area contributed by atoms with E-state index in [-0.39, 0.29) is 147 Å². The second kappa shape index (κ2) is 431. The van der Waals surface area contributed by atoms with Crippen molar-refractivity contribution in [1.29, 1.82) is 0 Å². The molecule has 8 N–H and O–H groups in total. The van der Waals surface area contributed by atoms with Gasteiger partial charge in [0.2, 0.25) is 0 Å². The molecule has 0 aromatic heterocycles. The normalized spacial score (nSPS) is 0. The van der Waals surface area contributed by atoms with Crippen LogP contribution in [0.2, 0.25) is 0 Å². The molecule has 0 aliphatic carbocycles. The minimum absolute atomic E-state index is 0. The maximum absolute atomic E-state index is 0. The van der Waals surface area contributed by atoms with E-state index in [1.165, 1.54) is 0 Å². The molecule has 0 aliphatic heterocycles. The van der Waals surface area contributed by atoms with Crippen molar-refractivity contribution in [2.24, 2.45) is 0 Å².